The number of aromatic hydroxyl groups is 1. The minimum Gasteiger partial charge on any atom is -0.507 e. The molecule has 2 atom stereocenters. The van der Waals surface area contributed by atoms with Gasteiger partial charge in [-0.25, -0.2) is 0 Å². The van der Waals surface area contributed by atoms with E-state index in [1.165, 1.54) is 24.3 Å². The van der Waals surface area contributed by atoms with Crippen molar-refractivity contribution in [2.45, 2.75) is 18.5 Å². The van der Waals surface area contributed by atoms with Crippen LogP contribution in [-0.4, -0.2) is 16.9 Å². The van der Waals surface area contributed by atoms with Crippen molar-refractivity contribution in [1.82, 2.24) is 10.9 Å². The number of nitrogens with one attached hydrogen (secondary N) is 2. The van der Waals surface area contributed by atoms with Crippen LogP contribution in [0.1, 0.15) is 33.8 Å². The van der Waals surface area contributed by atoms with Crippen LogP contribution in [0.25, 0.3) is 0 Å². The first-order chi connectivity index (χ1) is 12.3. The van der Waals surface area contributed by atoms with Crippen molar-refractivity contribution in [1.29, 1.82) is 0 Å². The van der Waals surface area contributed by atoms with Crippen molar-refractivity contribution >= 4 is 11.8 Å². The lowest BCUT2D eigenvalue weighted by atomic mass is 10.1. The van der Waals surface area contributed by atoms with Crippen LogP contribution in [0.3, 0.4) is 0 Å². The molecule has 5 nitrogen and oxygen atoms in total. The number of amides is 2. The topological polar surface area (TPSA) is 78.4 Å². The Kier molecular flexibility index (Phi) is 4.58. The SMILES string of the molecule is O=C(NNC(=O)C1CC1c1ccc(C(F)(F)F)cc1)c1ccccc1O. The number of alkyl halides is 3. The number of para-hydroxylation sites is 1. The number of hydrogen-bond acceptors (Lipinski definition) is 3. The number of hydrogen-bond donors (Lipinski definition) is 3. The lowest BCUT2D eigenvalue weighted by molar-refractivity contribution is -0.137. The predicted octanol–water partition coefficient (Wildman–Crippen LogP) is 2.98. The molecule has 1 aliphatic rings. The molecule has 0 saturated heterocycles. The molecule has 8 heteroatoms. The van der Waals surface area contributed by atoms with Gasteiger partial charge in [-0.2, -0.15) is 13.2 Å². The van der Waals surface area contributed by atoms with E-state index in [-0.39, 0.29) is 17.2 Å². The van der Waals surface area contributed by atoms with Gasteiger partial charge >= 0.3 is 6.18 Å². The molecule has 3 rings (SSSR count). The van der Waals surface area contributed by atoms with Gasteiger partial charge < -0.3 is 5.11 Å². The zero-order valence-corrected chi connectivity index (χ0v) is 13.4. The van der Waals surface area contributed by atoms with Crippen LogP contribution in [0.5, 0.6) is 5.75 Å². The van der Waals surface area contributed by atoms with Gasteiger partial charge in [0.25, 0.3) is 5.91 Å². The third-order valence-corrected chi connectivity index (χ3v) is 4.24. The highest BCUT2D eigenvalue weighted by Gasteiger charge is 2.44. The summed E-state index contributed by atoms with van der Waals surface area (Å²) in [7, 11) is 0. The molecule has 2 unspecified atom stereocenters. The first kappa shape index (κ1) is 17.8. The number of rotatable bonds is 3. The quantitative estimate of drug-likeness (QED) is 0.733. The Labute approximate surface area is 146 Å². The van der Waals surface area contributed by atoms with Gasteiger partial charge in [0.05, 0.1) is 11.1 Å². The Balaban J connectivity index is 1.54. The molecule has 2 aromatic carbocycles. The maximum absolute atomic E-state index is 12.6. The van der Waals surface area contributed by atoms with Crippen LogP contribution in [0.2, 0.25) is 0 Å². The van der Waals surface area contributed by atoms with E-state index in [1.807, 2.05) is 0 Å². The Morgan fingerprint density at radius 2 is 1.65 bits per heavy atom. The van der Waals surface area contributed by atoms with Crippen LogP contribution in [0.4, 0.5) is 13.2 Å². The van der Waals surface area contributed by atoms with E-state index in [2.05, 4.69) is 10.9 Å². The van der Waals surface area contributed by atoms with Gasteiger partial charge in [-0.3, -0.25) is 20.4 Å². The summed E-state index contributed by atoms with van der Waals surface area (Å²) >= 11 is 0. The highest BCUT2D eigenvalue weighted by Crippen LogP contribution is 2.47. The highest BCUT2D eigenvalue weighted by molar-refractivity contribution is 5.98. The second-order valence-electron chi connectivity index (χ2n) is 6.03. The molecule has 0 bridgehead atoms. The average Bonchev–Trinajstić information content (AvgIpc) is 3.40. The first-order valence-electron chi connectivity index (χ1n) is 7.82. The van der Waals surface area contributed by atoms with E-state index >= 15 is 0 Å². The minimum atomic E-state index is -4.40. The summed E-state index contributed by atoms with van der Waals surface area (Å²) in [5, 5.41) is 9.58. The summed E-state index contributed by atoms with van der Waals surface area (Å²) in [6.07, 6.45) is -3.91. The molecule has 3 N–H and O–H groups in total. The lowest BCUT2D eigenvalue weighted by Crippen LogP contribution is -2.42. The largest absolute Gasteiger partial charge is 0.507 e. The molecular weight excluding hydrogens is 349 g/mol. The number of carbonyl (C=O) groups excluding carboxylic acids is 2. The number of benzene rings is 2. The molecule has 2 aromatic rings. The number of phenolic OH excluding ortho intramolecular Hbond substituents is 1. The molecule has 0 aromatic heterocycles. The van der Waals surface area contributed by atoms with E-state index < -0.39 is 29.5 Å². The smallest absolute Gasteiger partial charge is 0.416 e. The molecular formula is C18H15F3N2O3. The Hall–Kier alpha value is -3.03. The molecule has 26 heavy (non-hydrogen) atoms. The van der Waals surface area contributed by atoms with Crippen molar-refractivity contribution in [3.63, 3.8) is 0 Å². The van der Waals surface area contributed by atoms with Crippen molar-refractivity contribution in [2.75, 3.05) is 0 Å². The molecule has 2 amide bonds. The summed E-state index contributed by atoms with van der Waals surface area (Å²) < 4.78 is 37.7. The van der Waals surface area contributed by atoms with Crippen LogP contribution < -0.4 is 10.9 Å². The molecule has 136 valence electrons. The van der Waals surface area contributed by atoms with E-state index in [9.17, 15) is 27.9 Å². The zero-order valence-electron chi connectivity index (χ0n) is 13.4. The molecule has 1 aliphatic carbocycles. The number of halogens is 3. The van der Waals surface area contributed by atoms with E-state index in [0.29, 0.717) is 12.0 Å². The number of carbonyl (C=O) groups is 2. The van der Waals surface area contributed by atoms with Gasteiger partial charge in [-0.05, 0) is 42.2 Å². The Bertz CT molecular complexity index is 834. The van der Waals surface area contributed by atoms with Gasteiger partial charge in [0.2, 0.25) is 5.91 Å². The summed E-state index contributed by atoms with van der Waals surface area (Å²) in [5.41, 5.74) is 4.41. The van der Waals surface area contributed by atoms with E-state index in [1.54, 1.807) is 12.1 Å². The monoisotopic (exact) mass is 364 g/mol. The maximum atomic E-state index is 12.6. The van der Waals surface area contributed by atoms with Gasteiger partial charge in [0.1, 0.15) is 5.75 Å². The number of phenols is 1. The van der Waals surface area contributed by atoms with Crippen molar-refractivity contribution in [3.05, 3.63) is 65.2 Å². The second kappa shape index (κ2) is 6.70. The molecule has 0 aliphatic heterocycles. The summed E-state index contributed by atoms with van der Waals surface area (Å²) in [5.74, 6) is -1.91. The average molecular weight is 364 g/mol. The van der Waals surface area contributed by atoms with Crippen LogP contribution in [-0.2, 0) is 11.0 Å². The van der Waals surface area contributed by atoms with Gasteiger partial charge in [-0.15, -0.1) is 0 Å². The number of hydrazine groups is 1. The second-order valence-corrected chi connectivity index (χ2v) is 6.03. The standard InChI is InChI=1S/C18H15F3N2O3/c19-18(20,21)11-7-5-10(6-8-11)13-9-14(13)17(26)23-22-16(25)12-3-1-2-4-15(12)24/h1-8,13-14,24H,9H2,(H,22,25)(H,23,26). The maximum Gasteiger partial charge on any atom is 0.416 e. The Morgan fingerprint density at radius 3 is 2.27 bits per heavy atom. The van der Waals surface area contributed by atoms with Crippen LogP contribution in [0.15, 0.2) is 48.5 Å². The fraction of sp³-hybridized carbons (Fsp3) is 0.222. The van der Waals surface area contributed by atoms with Gasteiger partial charge in [0, 0.05) is 5.92 Å². The molecule has 0 radical (unpaired) electrons. The normalized spacial score (nSPS) is 18.9. The third kappa shape index (κ3) is 3.79. The fourth-order valence-electron chi connectivity index (χ4n) is 2.72. The highest BCUT2D eigenvalue weighted by atomic mass is 19.4. The summed E-state index contributed by atoms with van der Waals surface area (Å²) in [6.45, 7) is 0. The van der Waals surface area contributed by atoms with Crippen molar-refractivity contribution in [3.8, 4) is 5.75 Å². The summed E-state index contributed by atoms with van der Waals surface area (Å²) in [4.78, 5) is 24.0. The first-order valence-corrected chi connectivity index (χ1v) is 7.82. The summed E-state index contributed by atoms with van der Waals surface area (Å²) in [6, 6.07) is 10.6. The van der Waals surface area contributed by atoms with Crippen LogP contribution in [0, 0.1) is 5.92 Å². The van der Waals surface area contributed by atoms with E-state index in [4.69, 9.17) is 0 Å². The predicted molar refractivity (Wildman–Crippen MR) is 86.0 cm³/mol. The van der Waals surface area contributed by atoms with Crippen LogP contribution >= 0.6 is 0 Å². The molecule has 1 fully saturated rings. The van der Waals surface area contributed by atoms with Gasteiger partial charge in [0.15, 0.2) is 0 Å². The minimum absolute atomic E-state index is 0.0166. The van der Waals surface area contributed by atoms with E-state index in [0.717, 1.165) is 12.1 Å². The third-order valence-electron chi connectivity index (χ3n) is 4.24. The molecule has 0 spiro atoms. The van der Waals surface area contributed by atoms with Gasteiger partial charge in [-0.1, -0.05) is 24.3 Å². The Morgan fingerprint density at radius 1 is 1.00 bits per heavy atom. The molecule has 0 heterocycles. The lowest BCUT2D eigenvalue weighted by Gasteiger charge is -2.09. The fourth-order valence-corrected chi connectivity index (χ4v) is 2.72. The van der Waals surface area contributed by atoms with Crippen molar-refractivity contribution < 1.29 is 27.9 Å². The zero-order chi connectivity index (χ0) is 18.9. The van der Waals surface area contributed by atoms with Crippen molar-refractivity contribution in [2.24, 2.45) is 5.92 Å². The molecule has 1 saturated carbocycles.